The summed E-state index contributed by atoms with van der Waals surface area (Å²) in [5.41, 5.74) is 2.56. The summed E-state index contributed by atoms with van der Waals surface area (Å²) in [6.45, 7) is 0. The van der Waals surface area contributed by atoms with E-state index in [9.17, 15) is 4.79 Å². The Hall–Kier alpha value is -3.81. The standard InChI is InChI=1S/C23H24O8/c1-25-16-7-13(8-17(26-2)22(16)29-5)15-12-31-20(11-24)21(15)14-9-18(27-3)23(30-6)19(10-14)28-4/h7-12H,1-6H3. The molecule has 164 valence electrons. The zero-order chi connectivity index (χ0) is 22.5. The van der Waals surface area contributed by atoms with Crippen LogP contribution < -0.4 is 28.4 Å². The third-order valence-electron chi connectivity index (χ3n) is 4.86. The Balaban J connectivity index is 2.30. The first kappa shape index (κ1) is 21.9. The molecule has 0 bridgehead atoms. The van der Waals surface area contributed by atoms with E-state index in [0.717, 1.165) is 0 Å². The van der Waals surface area contributed by atoms with Crippen molar-refractivity contribution in [3.63, 3.8) is 0 Å². The molecule has 31 heavy (non-hydrogen) atoms. The molecule has 0 atom stereocenters. The van der Waals surface area contributed by atoms with Gasteiger partial charge < -0.3 is 32.8 Å². The Bertz CT molecular complexity index is 1030. The summed E-state index contributed by atoms with van der Waals surface area (Å²) < 4.78 is 38.2. The van der Waals surface area contributed by atoms with Gasteiger partial charge in [0, 0.05) is 11.1 Å². The molecule has 3 aromatic rings. The van der Waals surface area contributed by atoms with Crippen LogP contribution in [-0.4, -0.2) is 48.9 Å². The minimum atomic E-state index is 0.151. The maximum atomic E-state index is 11.8. The lowest BCUT2D eigenvalue weighted by Gasteiger charge is -2.16. The van der Waals surface area contributed by atoms with Crippen molar-refractivity contribution >= 4 is 6.29 Å². The molecule has 8 nitrogen and oxygen atoms in total. The largest absolute Gasteiger partial charge is 0.493 e. The highest BCUT2D eigenvalue weighted by Gasteiger charge is 2.23. The number of ether oxygens (including phenoxy) is 6. The summed E-state index contributed by atoms with van der Waals surface area (Å²) >= 11 is 0. The van der Waals surface area contributed by atoms with Gasteiger partial charge in [-0.05, 0) is 35.4 Å². The molecule has 0 fully saturated rings. The maximum Gasteiger partial charge on any atom is 0.203 e. The van der Waals surface area contributed by atoms with Crippen LogP contribution in [0, 0.1) is 0 Å². The molecule has 2 aromatic carbocycles. The highest BCUT2D eigenvalue weighted by atomic mass is 16.5. The zero-order valence-electron chi connectivity index (χ0n) is 18.2. The normalized spacial score (nSPS) is 10.4. The Morgan fingerprint density at radius 2 is 1.06 bits per heavy atom. The van der Waals surface area contributed by atoms with Gasteiger partial charge in [-0.15, -0.1) is 0 Å². The SMILES string of the molecule is COc1cc(-c2coc(C=O)c2-c2cc(OC)c(OC)c(OC)c2)cc(OC)c1OC. The van der Waals surface area contributed by atoms with Crippen LogP contribution in [0.1, 0.15) is 10.6 Å². The van der Waals surface area contributed by atoms with Crippen molar-refractivity contribution in [2.75, 3.05) is 42.7 Å². The number of aldehydes is 1. The van der Waals surface area contributed by atoms with E-state index < -0.39 is 0 Å². The Labute approximate surface area is 180 Å². The van der Waals surface area contributed by atoms with E-state index in [1.807, 2.05) is 0 Å². The van der Waals surface area contributed by atoms with Crippen LogP contribution >= 0.6 is 0 Å². The molecule has 0 aliphatic carbocycles. The summed E-state index contributed by atoms with van der Waals surface area (Å²) in [5.74, 6) is 2.90. The predicted molar refractivity (Wildman–Crippen MR) is 114 cm³/mol. The number of carbonyl (C=O) groups is 1. The molecule has 8 heteroatoms. The molecule has 0 saturated heterocycles. The zero-order valence-corrected chi connectivity index (χ0v) is 18.2. The fourth-order valence-corrected chi connectivity index (χ4v) is 3.43. The molecule has 0 amide bonds. The minimum Gasteiger partial charge on any atom is -0.493 e. The topological polar surface area (TPSA) is 85.6 Å². The number of rotatable bonds is 9. The molecular weight excluding hydrogens is 404 g/mol. The smallest absolute Gasteiger partial charge is 0.203 e. The summed E-state index contributed by atoms with van der Waals surface area (Å²) in [4.78, 5) is 11.8. The lowest BCUT2D eigenvalue weighted by atomic mass is 9.95. The highest BCUT2D eigenvalue weighted by molar-refractivity contribution is 5.95. The summed E-state index contributed by atoms with van der Waals surface area (Å²) in [5, 5.41) is 0. The number of benzene rings is 2. The van der Waals surface area contributed by atoms with Crippen LogP contribution in [0.2, 0.25) is 0 Å². The molecule has 0 unspecified atom stereocenters. The average Bonchev–Trinajstić information content (AvgIpc) is 3.26. The lowest BCUT2D eigenvalue weighted by molar-refractivity contribution is 0.110. The number of hydrogen-bond donors (Lipinski definition) is 0. The molecule has 0 radical (unpaired) electrons. The van der Waals surface area contributed by atoms with Gasteiger partial charge in [-0.2, -0.15) is 0 Å². The lowest BCUT2D eigenvalue weighted by Crippen LogP contribution is -1.97. The average molecular weight is 428 g/mol. The molecular formula is C23H24O8. The van der Waals surface area contributed by atoms with E-state index in [0.29, 0.717) is 63.0 Å². The first-order valence-corrected chi connectivity index (χ1v) is 9.24. The van der Waals surface area contributed by atoms with Crippen LogP contribution in [-0.2, 0) is 0 Å². The predicted octanol–water partition coefficient (Wildman–Crippen LogP) is 4.48. The third kappa shape index (κ3) is 3.84. The van der Waals surface area contributed by atoms with E-state index >= 15 is 0 Å². The molecule has 0 saturated carbocycles. The highest BCUT2D eigenvalue weighted by Crippen LogP contribution is 2.47. The van der Waals surface area contributed by atoms with Gasteiger partial charge >= 0.3 is 0 Å². The molecule has 1 heterocycles. The fraction of sp³-hybridized carbons (Fsp3) is 0.261. The van der Waals surface area contributed by atoms with Crippen molar-refractivity contribution < 1.29 is 37.6 Å². The van der Waals surface area contributed by atoms with Crippen molar-refractivity contribution in [1.29, 1.82) is 0 Å². The second kappa shape index (κ2) is 9.34. The molecule has 0 N–H and O–H groups in total. The van der Waals surface area contributed by atoms with Gasteiger partial charge in [0.05, 0.1) is 48.9 Å². The van der Waals surface area contributed by atoms with Gasteiger partial charge in [0.25, 0.3) is 0 Å². The van der Waals surface area contributed by atoms with Gasteiger partial charge in [-0.3, -0.25) is 4.79 Å². The summed E-state index contributed by atoms with van der Waals surface area (Å²) in [6.07, 6.45) is 2.16. The second-order valence-electron chi connectivity index (χ2n) is 6.33. The van der Waals surface area contributed by atoms with Crippen molar-refractivity contribution in [2.24, 2.45) is 0 Å². The quantitative estimate of drug-likeness (QED) is 0.461. The Kier molecular flexibility index (Phi) is 6.59. The van der Waals surface area contributed by atoms with Crippen LogP contribution in [0.3, 0.4) is 0 Å². The van der Waals surface area contributed by atoms with Gasteiger partial charge in [-0.25, -0.2) is 0 Å². The van der Waals surface area contributed by atoms with Crippen molar-refractivity contribution in [3.8, 4) is 56.8 Å². The maximum absolute atomic E-state index is 11.8. The van der Waals surface area contributed by atoms with Crippen LogP contribution in [0.15, 0.2) is 34.9 Å². The van der Waals surface area contributed by atoms with Crippen LogP contribution in [0.4, 0.5) is 0 Å². The minimum absolute atomic E-state index is 0.151. The Morgan fingerprint density at radius 3 is 1.42 bits per heavy atom. The van der Waals surface area contributed by atoms with Gasteiger partial charge in [0.15, 0.2) is 35.0 Å². The van der Waals surface area contributed by atoms with Gasteiger partial charge in [0.1, 0.15) is 0 Å². The van der Waals surface area contributed by atoms with E-state index in [4.69, 9.17) is 32.8 Å². The molecule has 0 aliphatic heterocycles. The monoisotopic (exact) mass is 428 g/mol. The summed E-state index contributed by atoms with van der Waals surface area (Å²) in [6, 6.07) is 7.06. The van der Waals surface area contributed by atoms with Gasteiger partial charge in [-0.1, -0.05) is 0 Å². The van der Waals surface area contributed by atoms with Crippen molar-refractivity contribution in [3.05, 3.63) is 36.3 Å². The number of furan rings is 1. The van der Waals surface area contributed by atoms with Crippen LogP contribution in [0.25, 0.3) is 22.3 Å². The third-order valence-corrected chi connectivity index (χ3v) is 4.86. The first-order valence-electron chi connectivity index (χ1n) is 9.24. The molecule has 1 aromatic heterocycles. The van der Waals surface area contributed by atoms with Gasteiger partial charge in [0.2, 0.25) is 11.5 Å². The second-order valence-corrected chi connectivity index (χ2v) is 6.33. The number of hydrogen-bond acceptors (Lipinski definition) is 8. The number of methoxy groups -OCH3 is 6. The van der Waals surface area contributed by atoms with Crippen LogP contribution in [0.5, 0.6) is 34.5 Å². The molecule has 3 rings (SSSR count). The van der Waals surface area contributed by atoms with E-state index in [1.54, 1.807) is 24.3 Å². The van der Waals surface area contributed by atoms with Crippen molar-refractivity contribution in [2.45, 2.75) is 0 Å². The molecule has 0 aliphatic rings. The first-order chi connectivity index (χ1) is 15.1. The van der Waals surface area contributed by atoms with E-state index in [1.165, 1.54) is 48.9 Å². The van der Waals surface area contributed by atoms with E-state index in [2.05, 4.69) is 0 Å². The molecule has 0 spiro atoms. The number of carbonyl (C=O) groups excluding carboxylic acids is 1. The Morgan fingerprint density at radius 1 is 0.645 bits per heavy atom. The van der Waals surface area contributed by atoms with Crippen molar-refractivity contribution in [1.82, 2.24) is 0 Å². The fourth-order valence-electron chi connectivity index (χ4n) is 3.43. The summed E-state index contributed by atoms with van der Waals surface area (Å²) in [7, 11) is 9.18. The van der Waals surface area contributed by atoms with E-state index in [-0.39, 0.29) is 5.76 Å².